The van der Waals surface area contributed by atoms with Crippen molar-refractivity contribution in [3.63, 3.8) is 0 Å². The van der Waals surface area contributed by atoms with Crippen LogP contribution in [0.2, 0.25) is 0 Å². The van der Waals surface area contributed by atoms with Crippen LogP contribution in [0.25, 0.3) is 0 Å². The first-order valence-corrected chi connectivity index (χ1v) is 7.75. The molecule has 0 aliphatic carbocycles. The molecule has 0 bridgehead atoms. The van der Waals surface area contributed by atoms with Gasteiger partial charge in [-0.3, -0.25) is 9.78 Å². The van der Waals surface area contributed by atoms with E-state index in [-0.39, 0.29) is 5.91 Å². The Morgan fingerprint density at radius 1 is 1.63 bits per heavy atom. The zero-order chi connectivity index (χ0) is 13.7. The minimum atomic E-state index is 0.0660. The summed E-state index contributed by atoms with van der Waals surface area (Å²) < 4.78 is 5.22. The lowest BCUT2D eigenvalue weighted by atomic mass is 10.1. The molecule has 1 amide bonds. The molecule has 2 rings (SSSR count). The number of likely N-dealkylation sites (tertiary alicyclic amines) is 1. The normalized spacial score (nSPS) is 18.6. The van der Waals surface area contributed by atoms with Gasteiger partial charge in [-0.1, -0.05) is 15.9 Å². The van der Waals surface area contributed by atoms with Crippen LogP contribution in [-0.2, 0) is 0 Å². The zero-order valence-electron chi connectivity index (χ0n) is 11.1. The molecule has 4 nitrogen and oxygen atoms in total. The third kappa shape index (κ3) is 3.26. The zero-order valence-corrected chi connectivity index (χ0v) is 12.7. The average molecular weight is 327 g/mol. The Balaban J connectivity index is 2.13. The quantitative estimate of drug-likeness (QED) is 0.781. The second-order valence-electron chi connectivity index (χ2n) is 4.70. The maximum Gasteiger partial charge on any atom is 0.257 e. The van der Waals surface area contributed by atoms with E-state index in [0.29, 0.717) is 17.4 Å². The van der Waals surface area contributed by atoms with Gasteiger partial charge >= 0.3 is 0 Å². The molecule has 1 aliphatic rings. The van der Waals surface area contributed by atoms with Gasteiger partial charge in [-0.2, -0.15) is 0 Å². The second-order valence-corrected chi connectivity index (χ2v) is 5.49. The van der Waals surface area contributed by atoms with Crippen LogP contribution in [0.1, 0.15) is 36.0 Å². The highest BCUT2D eigenvalue weighted by atomic mass is 79.9. The number of alkyl halides is 1. The molecule has 0 spiro atoms. The molecule has 1 aromatic rings. The van der Waals surface area contributed by atoms with Gasteiger partial charge < -0.3 is 9.64 Å². The first-order chi connectivity index (χ1) is 9.27. The largest absolute Gasteiger partial charge is 0.494 e. The monoisotopic (exact) mass is 326 g/mol. The number of halogens is 1. The molecule has 2 heterocycles. The Bertz CT molecular complexity index is 439. The average Bonchev–Trinajstić information content (AvgIpc) is 2.92. The van der Waals surface area contributed by atoms with Crippen molar-refractivity contribution in [3.05, 3.63) is 24.0 Å². The molecule has 1 atom stereocenters. The number of amides is 1. The molecular formula is C14H19BrN2O2. The number of pyridine rings is 1. The third-order valence-corrected chi connectivity index (χ3v) is 4.10. The van der Waals surface area contributed by atoms with Crippen LogP contribution in [0.5, 0.6) is 5.75 Å². The van der Waals surface area contributed by atoms with Gasteiger partial charge in [0.05, 0.1) is 18.9 Å². The number of nitrogens with zero attached hydrogens (tertiary/aromatic N) is 2. The summed E-state index contributed by atoms with van der Waals surface area (Å²) in [5.74, 6) is 0.620. The smallest absolute Gasteiger partial charge is 0.257 e. The van der Waals surface area contributed by atoms with Gasteiger partial charge in [0, 0.05) is 24.1 Å². The summed E-state index contributed by atoms with van der Waals surface area (Å²) >= 11 is 3.45. The number of methoxy groups -OCH3 is 1. The SMILES string of the molecule is COc1cnccc1C(=O)N1CCCC1CCCBr. The molecule has 0 aromatic carbocycles. The highest BCUT2D eigenvalue weighted by Crippen LogP contribution is 2.26. The highest BCUT2D eigenvalue weighted by Gasteiger charge is 2.30. The first kappa shape index (κ1) is 14.3. The molecule has 1 unspecified atom stereocenters. The summed E-state index contributed by atoms with van der Waals surface area (Å²) in [6.07, 6.45) is 7.58. The van der Waals surface area contributed by atoms with E-state index in [4.69, 9.17) is 4.74 Å². The number of carbonyl (C=O) groups excluding carboxylic acids is 1. The Kier molecular flexibility index (Phi) is 5.19. The summed E-state index contributed by atoms with van der Waals surface area (Å²) in [7, 11) is 1.57. The van der Waals surface area contributed by atoms with Crippen molar-refractivity contribution in [1.29, 1.82) is 0 Å². The number of carbonyl (C=O) groups is 1. The minimum absolute atomic E-state index is 0.0660. The van der Waals surface area contributed by atoms with E-state index in [2.05, 4.69) is 20.9 Å². The summed E-state index contributed by atoms with van der Waals surface area (Å²) in [5, 5.41) is 0.990. The van der Waals surface area contributed by atoms with Gasteiger partial charge in [-0.25, -0.2) is 0 Å². The van der Waals surface area contributed by atoms with Crippen molar-refractivity contribution in [2.24, 2.45) is 0 Å². The van der Waals surface area contributed by atoms with E-state index in [0.717, 1.165) is 37.6 Å². The van der Waals surface area contributed by atoms with E-state index in [9.17, 15) is 4.79 Å². The van der Waals surface area contributed by atoms with Crippen LogP contribution in [0.4, 0.5) is 0 Å². The van der Waals surface area contributed by atoms with Gasteiger partial charge in [0.25, 0.3) is 5.91 Å². The van der Waals surface area contributed by atoms with Crippen LogP contribution in [0.3, 0.4) is 0 Å². The number of rotatable bonds is 5. The van der Waals surface area contributed by atoms with Gasteiger partial charge in [0.15, 0.2) is 0 Å². The third-order valence-electron chi connectivity index (χ3n) is 3.54. The van der Waals surface area contributed by atoms with Crippen LogP contribution in [0.15, 0.2) is 18.5 Å². The number of hydrogen-bond acceptors (Lipinski definition) is 3. The summed E-state index contributed by atoms with van der Waals surface area (Å²) in [6, 6.07) is 2.10. The Morgan fingerprint density at radius 2 is 2.47 bits per heavy atom. The molecule has 0 saturated carbocycles. The highest BCUT2D eigenvalue weighted by molar-refractivity contribution is 9.09. The molecular weight excluding hydrogens is 308 g/mol. The van der Waals surface area contributed by atoms with Crippen molar-refractivity contribution < 1.29 is 9.53 Å². The molecule has 19 heavy (non-hydrogen) atoms. The van der Waals surface area contributed by atoms with Gasteiger partial charge in [-0.15, -0.1) is 0 Å². The van der Waals surface area contributed by atoms with E-state index in [1.54, 1.807) is 25.6 Å². The fourth-order valence-electron chi connectivity index (χ4n) is 2.59. The van der Waals surface area contributed by atoms with E-state index < -0.39 is 0 Å². The van der Waals surface area contributed by atoms with Crippen LogP contribution >= 0.6 is 15.9 Å². The fraction of sp³-hybridized carbons (Fsp3) is 0.571. The standard InChI is InChI=1S/C14H19BrN2O2/c1-19-13-10-16-8-6-12(13)14(18)17-9-3-5-11(17)4-2-7-15/h6,8,10-11H,2-5,7,9H2,1H3. The molecule has 0 radical (unpaired) electrons. The molecule has 1 aliphatic heterocycles. The Hall–Kier alpha value is -1.10. The van der Waals surface area contributed by atoms with Gasteiger partial charge in [-0.05, 0) is 31.7 Å². The van der Waals surface area contributed by atoms with Crippen molar-refractivity contribution >= 4 is 21.8 Å². The summed E-state index contributed by atoms with van der Waals surface area (Å²) in [4.78, 5) is 18.6. The van der Waals surface area contributed by atoms with Crippen LogP contribution < -0.4 is 4.74 Å². The van der Waals surface area contributed by atoms with Crippen molar-refractivity contribution in [2.45, 2.75) is 31.7 Å². The molecule has 1 aromatic heterocycles. The first-order valence-electron chi connectivity index (χ1n) is 6.63. The topological polar surface area (TPSA) is 42.4 Å². The molecule has 104 valence electrons. The predicted octanol–water partition coefficient (Wildman–Crippen LogP) is 2.87. The van der Waals surface area contributed by atoms with Crippen LogP contribution in [-0.4, -0.2) is 40.8 Å². The summed E-state index contributed by atoms with van der Waals surface area (Å²) in [5.41, 5.74) is 0.614. The van der Waals surface area contributed by atoms with E-state index in [1.807, 2.05) is 4.90 Å². The molecule has 1 fully saturated rings. The van der Waals surface area contributed by atoms with Crippen molar-refractivity contribution in [1.82, 2.24) is 9.88 Å². The maximum absolute atomic E-state index is 12.6. The molecule has 1 saturated heterocycles. The second kappa shape index (κ2) is 6.89. The lowest BCUT2D eigenvalue weighted by Gasteiger charge is -2.25. The number of hydrogen-bond donors (Lipinski definition) is 0. The molecule has 5 heteroatoms. The summed E-state index contributed by atoms with van der Waals surface area (Å²) in [6.45, 7) is 0.845. The molecule has 0 N–H and O–H groups in total. The van der Waals surface area contributed by atoms with Crippen molar-refractivity contribution in [2.75, 3.05) is 19.0 Å². The van der Waals surface area contributed by atoms with E-state index in [1.165, 1.54) is 0 Å². The Morgan fingerprint density at radius 3 is 3.21 bits per heavy atom. The van der Waals surface area contributed by atoms with E-state index >= 15 is 0 Å². The van der Waals surface area contributed by atoms with Gasteiger partial charge in [0.1, 0.15) is 5.75 Å². The van der Waals surface area contributed by atoms with Crippen molar-refractivity contribution in [3.8, 4) is 5.75 Å². The maximum atomic E-state index is 12.6. The lowest BCUT2D eigenvalue weighted by Crippen LogP contribution is -2.35. The number of aromatic nitrogens is 1. The minimum Gasteiger partial charge on any atom is -0.494 e. The fourth-order valence-corrected chi connectivity index (χ4v) is 2.91. The van der Waals surface area contributed by atoms with Gasteiger partial charge in [0.2, 0.25) is 0 Å². The Labute approximate surface area is 122 Å². The predicted molar refractivity (Wildman–Crippen MR) is 77.9 cm³/mol. The lowest BCUT2D eigenvalue weighted by molar-refractivity contribution is 0.0726. The van der Waals surface area contributed by atoms with Crippen LogP contribution in [0, 0.1) is 0 Å². The number of ether oxygens (including phenoxy) is 1.